The second-order valence-electron chi connectivity index (χ2n) is 4.36. The number of carbonyl (C=O) groups excluding carboxylic acids is 1. The maximum absolute atomic E-state index is 11.4. The number of ether oxygens (including phenoxy) is 1. The molecule has 7 nitrogen and oxygen atoms in total. The standard InChI is InChI=1S/C13H17N5O2/c1-9(14)13(19)15-7-10-8-18(17-16-10)11-3-5-12(20-2)6-4-11/h3-6,8-9H,7,14H2,1-2H3,(H,15,19)/t9-/m1/s1. The zero-order valence-electron chi connectivity index (χ0n) is 11.4. The van der Waals surface area contributed by atoms with Gasteiger partial charge in [0.2, 0.25) is 5.91 Å². The van der Waals surface area contributed by atoms with Crippen molar-refractivity contribution in [1.29, 1.82) is 0 Å². The Morgan fingerprint density at radius 3 is 2.75 bits per heavy atom. The van der Waals surface area contributed by atoms with Crippen LogP contribution in [-0.2, 0) is 11.3 Å². The second kappa shape index (κ2) is 6.16. The monoisotopic (exact) mass is 275 g/mol. The summed E-state index contributed by atoms with van der Waals surface area (Å²) >= 11 is 0. The number of carbonyl (C=O) groups is 1. The van der Waals surface area contributed by atoms with Crippen LogP contribution in [0.1, 0.15) is 12.6 Å². The van der Waals surface area contributed by atoms with E-state index in [-0.39, 0.29) is 5.91 Å². The molecule has 1 aromatic carbocycles. The molecule has 0 bridgehead atoms. The number of aromatic nitrogens is 3. The summed E-state index contributed by atoms with van der Waals surface area (Å²) in [6, 6.07) is 6.89. The zero-order chi connectivity index (χ0) is 14.5. The lowest BCUT2D eigenvalue weighted by atomic mass is 10.3. The van der Waals surface area contributed by atoms with Gasteiger partial charge >= 0.3 is 0 Å². The van der Waals surface area contributed by atoms with Crippen LogP contribution in [0.25, 0.3) is 5.69 Å². The zero-order valence-corrected chi connectivity index (χ0v) is 11.4. The van der Waals surface area contributed by atoms with E-state index in [2.05, 4.69) is 15.6 Å². The van der Waals surface area contributed by atoms with E-state index in [4.69, 9.17) is 10.5 Å². The fourth-order valence-corrected chi connectivity index (χ4v) is 1.58. The summed E-state index contributed by atoms with van der Waals surface area (Å²) in [7, 11) is 1.61. The predicted molar refractivity (Wildman–Crippen MR) is 73.4 cm³/mol. The summed E-state index contributed by atoms with van der Waals surface area (Å²) in [4.78, 5) is 11.4. The van der Waals surface area contributed by atoms with Gasteiger partial charge < -0.3 is 15.8 Å². The Morgan fingerprint density at radius 2 is 2.15 bits per heavy atom. The maximum Gasteiger partial charge on any atom is 0.236 e. The molecule has 0 aliphatic rings. The summed E-state index contributed by atoms with van der Waals surface area (Å²) < 4.78 is 6.72. The van der Waals surface area contributed by atoms with Crippen LogP contribution in [0.5, 0.6) is 5.75 Å². The van der Waals surface area contributed by atoms with E-state index in [1.807, 2.05) is 24.3 Å². The molecule has 106 valence electrons. The van der Waals surface area contributed by atoms with Crippen molar-refractivity contribution >= 4 is 5.91 Å². The molecule has 2 rings (SSSR count). The van der Waals surface area contributed by atoms with Crippen LogP contribution in [0.15, 0.2) is 30.5 Å². The molecule has 0 fully saturated rings. The Bertz CT molecular complexity index is 577. The summed E-state index contributed by atoms with van der Waals surface area (Å²) in [6.07, 6.45) is 1.75. The van der Waals surface area contributed by atoms with Crippen LogP contribution in [0.3, 0.4) is 0 Å². The molecule has 0 aliphatic heterocycles. The van der Waals surface area contributed by atoms with E-state index in [1.54, 1.807) is 24.9 Å². The molecule has 1 amide bonds. The highest BCUT2D eigenvalue weighted by molar-refractivity contribution is 5.80. The number of hydrogen-bond donors (Lipinski definition) is 2. The summed E-state index contributed by atoms with van der Waals surface area (Å²) in [6.45, 7) is 1.93. The number of rotatable bonds is 5. The lowest BCUT2D eigenvalue weighted by Gasteiger charge is -2.05. The van der Waals surface area contributed by atoms with Gasteiger partial charge in [-0.1, -0.05) is 5.21 Å². The summed E-state index contributed by atoms with van der Waals surface area (Å²) in [5.41, 5.74) is 6.98. The van der Waals surface area contributed by atoms with Gasteiger partial charge in [0.1, 0.15) is 11.4 Å². The average Bonchev–Trinajstić information content (AvgIpc) is 2.93. The summed E-state index contributed by atoms with van der Waals surface area (Å²) in [5.74, 6) is 0.558. The molecular weight excluding hydrogens is 258 g/mol. The van der Waals surface area contributed by atoms with Gasteiger partial charge in [0.15, 0.2) is 0 Å². The number of hydrogen-bond acceptors (Lipinski definition) is 5. The predicted octanol–water partition coefficient (Wildman–Crippen LogP) is 0.239. The fourth-order valence-electron chi connectivity index (χ4n) is 1.58. The first kappa shape index (κ1) is 14.0. The Kier molecular flexibility index (Phi) is 4.31. The summed E-state index contributed by atoms with van der Waals surface area (Å²) in [5, 5.41) is 10.7. The molecule has 0 radical (unpaired) electrons. The molecule has 1 heterocycles. The number of benzene rings is 1. The first-order valence-corrected chi connectivity index (χ1v) is 6.19. The Morgan fingerprint density at radius 1 is 1.45 bits per heavy atom. The molecule has 20 heavy (non-hydrogen) atoms. The van der Waals surface area contributed by atoms with Crippen molar-refractivity contribution in [2.75, 3.05) is 7.11 Å². The first-order valence-electron chi connectivity index (χ1n) is 6.19. The minimum Gasteiger partial charge on any atom is -0.497 e. The Labute approximate surface area is 116 Å². The van der Waals surface area contributed by atoms with Crippen molar-refractivity contribution in [2.45, 2.75) is 19.5 Å². The van der Waals surface area contributed by atoms with Gasteiger partial charge in [0.25, 0.3) is 0 Å². The molecule has 0 saturated carbocycles. The Balaban J connectivity index is 2.02. The van der Waals surface area contributed by atoms with Crippen LogP contribution in [0, 0.1) is 0 Å². The van der Waals surface area contributed by atoms with Gasteiger partial charge in [0.05, 0.1) is 31.6 Å². The van der Waals surface area contributed by atoms with Crippen molar-refractivity contribution in [2.24, 2.45) is 5.73 Å². The minimum absolute atomic E-state index is 0.219. The van der Waals surface area contributed by atoms with Crippen molar-refractivity contribution in [3.63, 3.8) is 0 Å². The molecule has 2 aromatic rings. The van der Waals surface area contributed by atoms with Crippen LogP contribution in [-0.4, -0.2) is 34.1 Å². The van der Waals surface area contributed by atoms with E-state index in [0.717, 1.165) is 11.4 Å². The van der Waals surface area contributed by atoms with Crippen LogP contribution >= 0.6 is 0 Å². The SMILES string of the molecule is COc1ccc(-n2cc(CNC(=O)[C@@H](C)N)nn2)cc1. The van der Waals surface area contributed by atoms with Crippen LogP contribution < -0.4 is 15.8 Å². The highest BCUT2D eigenvalue weighted by atomic mass is 16.5. The molecule has 1 atom stereocenters. The maximum atomic E-state index is 11.4. The Hall–Kier alpha value is -2.41. The van der Waals surface area contributed by atoms with Gasteiger partial charge in [-0.25, -0.2) is 4.68 Å². The van der Waals surface area contributed by atoms with Gasteiger partial charge in [-0.2, -0.15) is 0 Å². The van der Waals surface area contributed by atoms with Gasteiger partial charge in [0, 0.05) is 0 Å². The topological polar surface area (TPSA) is 95.1 Å². The molecule has 0 spiro atoms. The highest BCUT2D eigenvalue weighted by Gasteiger charge is 2.08. The molecule has 7 heteroatoms. The number of nitrogens with two attached hydrogens (primary N) is 1. The molecule has 0 unspecified atom stereocenters. The van der Waals surface area contributed by atoms with Crippen molar-refractivity contribution in [3.8, 4) is 11.4 Å². The molecular formula is C13H17N5O2. The minimum atomic E-state index is -0.536. The third kappa shape index (κ3) is 3.33. The van der Waals surface area contributed by atoms with E-state index >= 15 is 0 Å². The molecule has 1 aromatic heterocycles. The lowest BCUT2D eigenvalue weighted by Crippen LogP contribution is -2.37. The third-order valence-corrected chi connectivity index (χ3v) is 2.74. The van der Waals surface area contributed by atoms with Crippen LogP contribution in [0.2, 0.25) is 0 Å². The number of nitrogens with one attached hydrogen (secondary N) is 1. The smallest absolute Gasteiger partial charge is 0.236 e. The number of amides is 1. The molecule has 3 N–H and O–H groups in total. The van der Waals surface area contributed by atoms with Crippen molar-refractivity contribution in [3.05, 3.63) is 36.2 Å². The van der Waals surface area contributed by atoms with E-state index in [1.165, 1.54) is 0 Å². The van der Waals surface area contributed by atoms with E-state index in [0.29, 0.717) is 12.2 Å². The van der Waals surface area contributed by atoms with Crippen LogP contribution in [0.4, 0.5) is 0 Å². The molecule has 0 saturated heterocycles. The third-order valence-electron chi connectivity index (χ3n) is 2.74. The van der Waals surface area contributed by atoms with E-state index < -0.39 is 6.04 Å². The van der Waals surface area contributed by atoms with Gasteiger partial charge in [-0.05, 0) is 31.2 Å². The number of nitrogens with zero attached hydrogens (tertiary/aromatic N) is 3. The largest absolute Gasteiger partial charge is 0.497 e. The second-order valence-corrected chi connectivity index (χ2v) is 4.36. The number of methoxy groups -OCH3 is 1. The normalized spacial score (nSPS) is 11.9. The van der Waals surface area contributed by atoms with E-state index in [9.17, 15) is 4.79 Å². The van der Waals surface area contributed by atoms with Crippen molar-refractivity contribution < 1.29 is 9.53 Å². The highest BCUT2D eigenvalue weighted by Crippen LogP contribution is 2.14. The van der Waals surface area contributed by atoms with Gasteiger partial charge in [-0.15, -0.1) is 5.10 Å². The van der Waals surface area contributed by atoms with Crippen molar-refractivity contribution in [1.82, 2.24) is 20.3 Å². The molecule has 0 aliphatic carbocycles. The first-order chi connectivity index (χ1) is 9.60. The fraction of sp³-hybridized carbons (Fsp3) is 0.308. The quantitative estimate of drug-likeness (QED) is 0.815. The average molecular weight is 275 g/mol. The lowest BCUT2D eigenvalue weighted by molar-refractivity contribution is -0.122. The van der Waals surface area contributed by atoms with Gasteiger partial charge in [-0.3, -0.25) is 4.79 Å².